The normalized spacial score (nSPS) is 23.4. The summed E-state index contributed by atoms with van der Waals surface area (Å²) in [5, 5.41) is 0.592. The number of nitrogens with zero attached hydrogens (tertiary/aromatic N) is 3. The fraction of sp³-hybridized carbons (Fsp3) is 0.286. The molecule has 1 aliphatic heterocycles. The maximum Gasteiger partial charge on any atom is 0.224 e. The quantitative estimate of drug-likeness (QED) is 0.749. The molecule has 19 heavy (non-hydrogen) atoms. The molecule has 1 aliphatic carbocycles. The molecule has 3 nitrogen and oxygen atoms in total. The van der Waals surface area contributed by atoms with Crippen molar-refractivity contribution in [1.82, 2.24) is 9.97 Å². The molecule has 2 heterocycles. The second kappa shape index (κ2) is 3.84. The van der Waals surface area contributed by atoms with Crippen LogP contribution in [0.1, 0.15) is 25.3 Å². The van der Waals surface area contributed by atoms with Crippen molar-refractivity contribution in [3.05, 3.63) is 51.9 Å². The third-order valence-corrected chi connectivity index (χ3v) is 4.29. The molecule has 2 aliphatic rings. The van der Waals surface area contributed by atoms with Gasteiger partial charge in [-0.3, -0.25) is 0 Å². The topological polar surface area (TPSA) is 29.0 Å². The number of aromatic nitrogens is 2. The Bertz CT molecular complexity index is 703. The number of halogens is 2. The summed E-state index contributed by atoms with van der Waals surface area (Å²) in [6.07, 6.45) is 3.52. The zero-order chi connectivity index (χ0) is 13.9. The molecule has 1 unspecified atom stereocenters. The van der Waals surface area contributed by atoms with Gasteiger partial charge in [0.2, 0.25) is 5.28 Å². The molecular weight excluding hydrogens is 281 g/mol. The summed E-state index contributed by atoms with van der Waals surface area (Å²) >= 11 is 12.1. The van der Waals surface area contributed by atoms with Crippen LogP contribution in [0.4, 0.5) is 5.82 Å². The smallest absolute Gasteiger partial charge is 0.224 e. The summed E-state index contributed by atoms with van der Waals surface area (Å²) < 4.78 is 8.54. The van der Waals surface area contributed by atoms with Gasteiger partial charge in [-0.1, -0.05) is 35.9 Å². The summed E-state index contributed by atoms with van der Waals surface area (Å²) in [7, 11) is 0. The molecule has 1 atom stereocenters. The van der Waals surface area contributed by atoms with Gasteiger partial charge in [0, 0.05) is 6.52 Å². The second-order valence-electron chi connectivity index (χ2n) is 4.93. The predicted molar refractivity (Wildman–Crippen MR) is 75.6 cm³/mol. The maximum atomic E-state index is 8.54. The van der Waals surface area contributed by atoms with E-state index in [1.165, 1.54) is 11.8 Å². The molecule has 96 valence electrons. The SMILES string of the molecule is [2H]C1c2ccccc2C2(CC2)N1c1nc(Cl)ncc1Cl. The van der Waals surface area contributed by atoms with Crippen molar-refractivity contribution in [3.63, 3.8) is 0 Å². The van der Waals surface area contributed by atoms with Gasteiger partial charge in [0.1, 0.15) is 5.02 Å². The highest BCUT2D eigenvalue weighted by Crippen LogP contribution is 2.58. The van der Waals surface area contributed by atoms with Crippen LogP contribution < -0.4 is 4.90 Å². The molecule has 1 spiro atoms. The van der Waals surface area contributed by atoms with E-state index in [1.54, 1.807) is 0 Å². The zero-order valence-electron chi connectivity index (χ0n) is 11.0. The molecule has 4 rings (SSSR count). The highest BCUT2D eigenvalue weighted by molar-refractivity contribution is 6.33. The van der Waals surface area contributed by atoms with Gasteiger partial charge in [-0.2, -0.15) is 4.98 Å². The molecular formula is C14H11Cl2N3. The number of rotatable bonds is 1. The molecule has 0 N–H and O–H groups in total. The molecule has 0 bridgehead atoms. The zero-order valence-corrected chi connectivity index (χ0v) is 11.5. The first kappa shape index (κ1) is 10.5. The highest BCUT2D eigenvalue weighted by Gasteiger charge is 2.55. The first-order valence-electron chi connectivity index (χ1n) is 6.70. The third kappa shape index (κ3) is 1.58. The highest BCUT2D eigenvalue weighted by atomic mass is 35.5. The Kier molecular flexibility index (Phi) is 2.12. The van der Waals surface area contributed by atoms with Crippen molar-refractivity contribution in [2.75, 3.05) is 4.90 Å². The van der Waals surface area contributed by atoms with Gasteiger partial charge in [-0.15, -0.1) is 0 Å². The van der Waals surface area contributed by atoms with Crippen LogP contribution >= 0.6 is 23.2 Å². The van der Waals surface area contributed by atoms with Gasteiger partial charge in [0.05, 0.1) is 13.1 Å². The standard InChI is InChI=1S/C14H11Cl2N3/c15-11-7-17-13(16)18-12(11)19-8-9-3-1-2-4-10(9)14(19)5-6-14/h1-4,7H,5-6,8H2/i8D. The predicted octanol–water partition coefficient (Wildman–Crippen LogP) is 3.79. The third-order valence-electron chi connectivity index (χ3n) is 3.84. The Morgan fingerprint density at radius 1 is 1.26 bits per heavy atom. The summed E-state index contributed by atoms with van der Waals surface area (Å²) in [5.41, 5.74) is 2.10. The van der Waals surface area contributed by atoms with Crippen LogP contribution in [0.25, 0.3) is 0 Å². The van der Waals surface area contributed by atoms with E-state index in [9.17, 15) is 0 Å². The molecule has 2 aromatic rings. The van der Waals surface area contributed by atoms with Crippen LogP contribution in [0.3, 0.4) is 0 Å². The minimum atomic E-state index is -0.503. The van der Waals surface area contributed by atoms with Crippen LogP contribution in [-0.2, 0) is 12.1 Å². The van der Waals surface area contributed by atoms with Crippen molar-refractivity contribution in [3.8, 4) is 0 Å². The summed E-state index contributed by atoms with van der Waals surface area (Å²) in [6.45, 7) is -0.503. The first-order valence-corrected chi connectivity index (χ1v) is 6.88. The number of anilines is 1. The Balaban J connectivity index is 1.91. The number of fused-ring (bicyclic) bond motifs is 2. The lowest BCUT2D eigenvalue weighted by molar-refractivity contribution is 0.659. The molecule has 0 radical (unpaired) electrons. The average Bonchev–Trinajstić information content (AvgIpc) is 3.19. The molecule has 1 saturated carbocycles. The van der Waals surface area contributed by atoms with Crippen molar-refractivity contribution in [2.24, 2.45) is 0 Å². The number of hydrogen-bond donors (Lipinski definition) is 0. The fourth-order valence-corrected chi connectivity index (χ4v) is 3.14. The lowest BCUT2D eigenvalue weighted by Gasteiger charge is -2.26. The van der Waals surface area contributed by atoms with Crippen LogP contribution in [0.2, 0.25) is 10.3 Å². The largest absolute Gasteiger partial charge is 0.341 e. The van der Waals surface area contributed by atoms with Gasteiger partial charge in [-0.05, 0) is 35.6 Å². The van der Waals surface area contributed by atoms with E-state index in [-0.39, 0.29) is 10.8 Å². The van der Waals surface area contributed by atoms with Crippen molar-refractivity contribution in [1.29, 1.82) is 0 Å². The Morgan fingerprint density at radius 3 is 2.84 bits per heavy atom. The first-order chi connectivity index (χ1) is 9.63. The van der Waals surface area contributed by atoms with Gasteiger partial charge >= 0.3 is 0 Å². The van der Waals surface area contributed by atoms with Crippen LogP contribution in [0, 0.1) is 0 Å². The summed E-state index contributed by atoms with van der Waals surface area (Å²) in [4.78, 5) is 10.1. The fourth-order valence-electron chi connectivity index (χ4n) is 2.82. The second-order valence-corrected chi connectivity index (χ2v) is 5.67. The summed E-state index contributed by atoms with van der Waals surface area (Å²) in [6, 6.07) is 8.09. The van der Waals surface area contributed by atoms with Crippen molar-refractivity contribution >= 4 is 29.0 Å². The van der Waals surface area contributed by atoms with Gasteiger partial charge in [-0.25, -0.2) is 4.98 Å². The van der Waals surface area contributed by atoms with Crippen LogP contribution in [0.5, 0.6) is 0 Å². The minimum absolute atomic E-state index is 0.135. The van der Waals surface area contributed by atoms with Crippen LogP contribution in [-0.4, -0.2) is 9.97 Å². The molecule has 1 aromatic carbocycles. The monoisotopic (exact) mass is 292 g/mol. The van der Waals surface area contributed by atoms with E-state index in [0.717, 1.165) is 18.4 Å². The number of hydrogen-bond acceptors (Lipinski definition) is 3. The van der Waals surface area contributed by atoms with Crippen LogP contribution in [0.15, 0.2) is 30.5 Å². The minimum Gasteiger partial charge on any atom is -0.341 e. The summed E-state index contributed by atoms with van der Waals surface area (Å²) in [5.74, 6) is 0.556. The molecule has 1 aromatic heterocycles. The lowest BCUT2D eigenvalue weighted by Crippen LogP contribution is -2.29. The van der Waals surface area contributed by atoms with E-state index in [1.807, 2.05) is 23.1 Å². The average molecular weight is 293 g/mol. The van der Waals surface area contributed by atoms with Crippen molar-refractivity contribution < 1.29 is 1.37 Å². The Hall–Kier alpha value is -1.32. The van der Waals surface area contributed by atoms with Crippen molar-refractivity contribution in [2.45, 2.75) is 24.9 Å². The molecule has 1 fully saturated rings. The van der Waals surface area contributed by atoms with Gasteiger partial charge in [0.15, 0.2) is 5.82 Å². The Morgan fingerprint density at radius 2 is 2.05 bits per heavy atom. The van der Waals surface area contributed by atoms with E-state index < -0.39 is 6.52 Å². The molecule has 0 amide bonds. The number of benzene rings is 1. The van der Waals surface area contributed by atoms with Gasteiger partial charge < -0.3 is 4.90 Å². The van der Waals surface area contributed by atoms with E-state index >= 15 is 0 Å². The molecule has 5 heteroatoms. The maximum absolute atomic E-state index is 8.54. The Labute approximate surface area is 122 Å². The van der Waals surface area contributed by atoms with E-state index in [4.69, 9.17) is 24.6 Å². The molecule has 0 saturated heterocycles. The van der Waals surface area contributed by atoms with E-state index in [2.05, 4.69) is 16.0 Å². The lowest BCUT2D eigenvalue weighted by atomic mass is 10.0. The van der Waals surface area contributed by atoms with Gasteiger partial charge in [0.25, 0.3) is 0 Å². The van der Waals surface area contributed by atoms with E-state index in [0.29, 0.717) is 10.8 Å².